The molecule has 0 aromatic heterocycles. The molecule has 0 N–H and O–H groups in total. The number of allylic oxidation sites excluding steroid dienone is 3. The van der Waals surface area contributed by atoms with Gasteiger partial charge in [-0.25, -0.2) is 0 Å². The fourth-order valence-corrected chi connectivity index (χ4v) is 0.640. The molecule has 0 spiro atoms. The van der Waals surface area contributed by atoms with Crippen LogP contribution in [0, 0.1) is 0 Å². The van der Waals surface area contributed by atoms with E-state index >= 15 is 0 Å². The van der Waals surface area contributed by atoms with Crippen LogP contribution in [0.5, 0.6) is 0 Å². The first kappa shape index (κ1) is 9.31. The molecule has 0 aliphatic rings. The first-order valence-electron chi connectivity index (χ1n) is 2.84. The summed E-state index contributed by atoms with van der Waals surface area (Å²) < 4.78 is 4.85. The Balaban J connectivity index is 4.19. The third kappa shape index (κ3) is 3.36. The molecule has 56 valence electrons. The van der Waals surface area contributed by atoms with Gasteiger partial charge in [0.1, 0.15) is 5.76 Å². The molecule has 0 aromatic carbocycles. The summed E-state index contributed by atoms with van der Waals surface area (Å²) in [4.78, 5) is 0. The van der Waals surface area contributed by atoms with Crippen molar-refractivity contribution >= 4 is 11.6 Å². The van der Waals surface area contributed by atoms with E-state index in [1.54, 1.807) is 13.2 Å². The molecule has 0 saturated carbocycles. The van der Waals surface area contributed by atoms with Crippen LogP contribution >= 0.6 is 11.6 Å². The normalized spacial score (nSPS) is 10.9. The second-order valence-corrected chi connectivity index (χ2v) is 2.39. The minimum Gasteiger partial charge on any atom is -0.497 e. The van der Waals surface area contributed by atoms with Gasteiger partial charge in [-0.15, -0.1) is 0 Å². The largest absolute Gasteiger partial charge is 0.497 e. The Hall–Kier alpha value is -0.690. The van der Waals surface area contributed by atoms with E-state index in [2.05, 4.69) is 13.2 Å². The van der Waals surface area contributed by atoms with Crippen LogP contribution in [-0.2, 0) is 4.74 Å². The number of ether oxygens (including phenoxy) is 1. The summed E-state index contributed by atoms with van der Waals surface area (Å²) in [6.45, 7) is 9.00. The summed E-state index contributed by atoms with van der Waals surface area (Å²) in [5.74, 6) is 0.613. The van der Waals surface area contributed by atoms with Crippen LogP contribution in [0.4, 0.5) is 0 Å². The van der Waals surface area contributed by atoms with E-state index in [1.807, 2.05) is 6.92 Å². The van der Waals surface area contributed by atoms with Crippen molar-refractivity contribution in [2.45, 2.75) is 6.92 Å². The van der Waals surface area contributed by atoms with Gasteiger partial charge < -0.3 is 4.74 Å². The first-order chi connectivity index (χ1) is 4.57. The summed E-state index contributed by atoms with van der Waals surface area (Å²) in [7, 11) is 1.57. The van der Waals surface area contributed by atoms with E-state index in [1.165, 1.54) is 0 Å². The first-order valence-corrected chi connectivity index (χ1v) is 3.21. The lowest BCUT2D eigenvalue weighted by Crippen LogP contribution is -1.85. The van der Waals surface area contributed by atoms with Gasteiger partial charge in [0, 0.05) is 5.03 Å². The summed E-state index contributed by atoms with van der Waals surface area (Å²) in [6.07, 6.45) is 1.70. The van der Waals surface area contributed by atoms with Gasteiger partial charge in [0.2, 0.25) is 0 Å². The van der Waals surface area contributed by atoms with Gasteiger partial charge in [0.05, 0.1) is 7.11 Å². The molecular weight excluding hydrogens is 148 g/mol. The van der Waals surface area contributed by atoms with Crippen molar-refractivity contribution in [3.63, 3.8) is 0 Å². The second-order valence-electron chi connectivity index (χ2n) is 1.90. The van der Waals surface area contributed by atoms with Crippen molar-refractivity contribution < 1.29 is 4.74 Å². The average Bonchev–Trinajstić information content (AvgIpc) is 1.85. The SMILES string of the molecule is C=C(Cl)/C=C(/C)C(=C)OC. The van der Waals surface area contributed by atoms with Crippen molar-refractivity contribution in [3.05, 3.63) is 35.6 Å². The number of halogens is 1. The Morgan fingerprint density at radius 1 is 1.50 bits per heavy atom. The number of hydrogen-bond acceptors (Lipinski definition) is 1. The van der Waals surface area contributed by atoms with Gasteiger partial charge in [-0.2, -0.15) is 0 Å². The maximum absolute atomic E-state index is 5.51. The summed E-state index contributed by atoms with van der Waals surface area (Å²) >= 11 is 5.51. The summed E-state index contributed by atoms with van der Waals surface area (Å²) in [5.41, 5.74) is 0.891. The van der Waals surface area contributed by atoms with Gasteiger partial charge in [-0.3, -0.25) is 0 Å². The molecule has 0 bridgehead atoms. The lowest BCUT2D eigenvalue weighted by Gasteiger charge is -2.02. The summed E-state index contributed by atoms with van der Waals surface area (Å²) in [5, 5.41) is 0.482. The number of hydrogen-bond donors (Lipinski definition) is 0. The molecule has 0 heterocycles. The Labute approximate surface area is 66.6 Å². The number of rotatable bonds is 3. The predicted octanol–water partition coefficient (Wildman–Crippen LogP) is 2.85. The third-order valence-corrected chi connectivity index (χ3v) is 1.17. The number of methoxy groups -OCH3 is 1. The molecule has 0 atom stereocenters. The Kier molecular flexibility index (Phi) is 3.89. The lowest BCUT2D eigenvalue weighted by molar-refractivity contribution is 0.303. The van der Waals surface area contributed by atoms with Crippen LogP contribution in [0.3, 0.4) is 0 Å². The monoisotopic (exact) mass is 158 g/mol. The fraction of sp³-hybridized carbons (Fsp3) is 0.250. The van der Waals surface area contributed by atoms with Crippen LogP contribution in [0.25, 0.3) is 0 Å². The minimum absolute atomic E-state index is 0.482. The molecule has 0 aliphatic carbocycles. The predicted molar refractivity (Wildman–Crippen MR) is 44.9 cm³/mol. The zero-order valence-electron chi connectivity index (χ0n) is 6.28. The highest BCUT2D eigenvalue weighted by atomic mass is 35.5. The fourth-order valence-electron chi connectivity index (χ4n) is 0.476. The maximum Gasteiger partial charge on any atom is 0.114 e. The summed E-state index contributed by atoms with van der Waals surface area (Å²) in [6, 6.07) is 0. The molecule has 0 saturated heterocycles. The third-order valence-electron chi connectivity index (χ3n) is 1.06. The van der Waals surface area contributed by atoms with Crippen LogP contribution in [-0.4, -0.2) is 7.11 Å². The molecule has 2 heteroatoms. The average molecular weight is 159 g/mol. The van der Waals surface area contributed by atoms with Crippen molar-refractivity contribution in [3.8, 4) is 0 Å². The van der Waals surface area contributed by atoms with Gasteiger partial charge in [0.15, 0.2) is 0 Å². The Morgan fingerprint density at radius 3 is 2.30 bits per heavy atom. The highest BCUT2D eigenvalue weighted by Crippen LogP contribution is 2.11. The Bertz CT molecular complexity index is 180. The lowest BCUT2D eigenvalue weighted by atomic mass is 10.2. The highest BCUT2D eigenvalue weighted by Gasteiger charge is 1.93. The standard InChI is InChI=1S/C8H11ClO/c1-6(5-7(2)9)8(3)10-4/h5H,2-3H2,1,4H3/b6-5-. The van der Waals surface area contributed by atoms with Gasteiger partial charge in [-0.1, -0.05) is 24.8 Å². The van der Waals surface area contributed by atoms with Crippen molar-refractivity contribution in [2.75, 3.05) is 7.11 Å². The van der Waals surface area contributed by atoms with Crippen LogP contribution in [0.1, 0.15) is 6.92 Å². The molecule has 0 radical (unpaired) electrons. The zero-order valence-corrected chi connectivity index (χ0v) is 7.03. The second kappa shape index (κ2) is 4.18. The van der Waals surface area contributed by atoms with Crippen LogP contribution < -0.4 is 0 Å². The molecule has 0 aliphatic heterocycles. The molecule has 0 fully saturated rings. The molecule has 1 nitrogen and oxygen atoms in total. The topological polar surface area (TPSA) is 9.23 Å². The molecule has 0 aromatic rings. The Morgan fingerprint density at radius 2 is 2.00 bits per heavy atom. The van der Waals surface area contributed by atoms with E-state index in [9.17, 15) is 0 Å². The highest BCUT2D eigenvalue weighted by molar-refractivity contribution is 6.30. The van der Waals surface area contributed by atoms with Gasteiger partial charge in [-0.05, 0) is 18.6 Å². The van der Waals surface area contributed by atoms with Gasteiger partial charge in [0.25, 0.3) is 0 Å². The van der Waals surface area contributed by atoms with E-state index < -0.39 is 0 Å². The van der Waals surface area contributed by atoms with Crippen molar-refractivity contribution in [2.24, 2.45) is 0 Å². The smallest absolute Gasteiger partial charge is 0.114 e. The molecule has 0 unspecified atom stereocenters. The van der Waals surface area contributed by atoms with E-state index in [4.69, 9.17) is 16.3 Å². The molecular formula is C8H11ClO. The van der Waals surface area contributed by atoms with Crippen LogP contribution in [0.2, 0.25) is 0 Å². The minimum atomic E-state index is 0.482. The molecule has 0 amide bonds. The van der Waals surface area contributed by atoms with E-state index in [0.717, 1.165) is 5.57 Å². The van der Waals surface area contributed by atoms with Crippen molar-refractivity contribution in [1.82, 2.24) is 0 Å². The quantitative estimate of drug-likeness (QED) is 0.454. The van der Waals surface area contributed by atoms with E-state index in [0.29, 0.717) is 10.8 Å². The van der Waals surface area contributed by atoms with Crippen LogP contribution in [0.15, 0.2) is 35.6 Å². The van der Waals surface area contributed by atoms with Crippen molar-refractivity contribution in [1.29, 1.82) is 0 Å². The maximum atomic E-state index is 5.51. The molecule has 0 rings (SSSR count). The van der Waals surface area contributed by atoms with E-state index in [-0.39, 0.29) is 0 Å². The molecule has 10 heavy (non-hydrogen) atoms. The zero-order chi connectivity index (χ0) is 8.15. The van der Waals surface area contributed by atoms with Gasteiger partial charge >= 0.3 is 0 Å².